The molecule has 5 atom stereocenters. The molecule has 1 heterocycles. The summed E-state index contributed by atoms with van der Waals surface area (Å²) in [4.78, 5) is 72.3. The Morgan fingerprint density at radius 3 is 2.23 bits per heavy atom. The molecule has 0 aliphatic heterocycles. The van der Waals surface area contributed by atoms with Crippen LogP contribution in [0.2, 0.25) is 0 Å². The number of hydrogen-bond donors (Lipinski definition) is 9. The van der Waals surface area contributed by atoms with E-state index in [1.807, 2.05) is 6.92 Å². The molecule has 0 aliphatic rings. The third kappa shape index (κ3) is 12.3. The maximum atomic E-state index is 13.3. The Kier molecular flexibility index (Phi) is 14.0. The second kappa shape index (κ2) is 16.6. The first-order chi connectivity index (χ1) is 18.3. The molecule has 13 N–H and O–H groups in total. The van der Waals surface area contributed by atoms with E-state index < -0.39 is 53.8 Å². The minimum atomic E-state index is -1.28. The highest BCUT2D eigenvalue weighted by atomic mass is 16.4. The summed E-state index contributed by atoms with van der Waals surface area (Å²) < 4.78 is 0. The molecule has 0 saturated carbocycles. The van der Waals surface area contributed by atoms with Crippen molar-refractivity contribution in [2.75, 3.05) is 6.54 Å². The van der Waals surface area contributed by atoms with E-state index >= 15 is 0 Å². The third-order valence-corrected chi connectivity index (χ3v) is 6.00. The number of aliphatic carboxylic acids is 1. The second-order valence-electron chi connectivity index (χ2n) is 9.17. The average Bonchev–Trinajstić information content (AvgIpc) is 3.39. The van der Waals surface area contributed by atoms with Crippen molar-refractivity contribution < 1.29 is 29.1 Å². The Labute approximate surface area is 226 Å². The van der Waals surface area contributed by atoms with Crippen LogP contribution in [-0.2, 0) is 30.4 Å². The first-order valence-corrected chi connectivity index (χ1v) is 12.6. The van der Waals surface area contributed by atoms with Gasteiger partial charge in [-0.05, 0) is 25.2 Å². The fourth-order valence-electron chi connectivity index (χ4n) is 3.51. The number of H-pyrrole nitrogens is 1. The first kappa shape index (κ1) is 32.8. The van der Waals surface area contributed by atoms with E-state index in [9.17, 15) is 29.1 Å². The lowest BCUT2D eigenvalue weighted by Gasteiger charge is -2.28. The highest BCUT2D eigenvalue weighted by molar-refractivity contribution is 5.94. The normalized spacial score (nSPS) is 14.6. The van der Waals surface area contributed by atoms with Gasteiger partial charge in [0, 0.05) is 31.3 Å². The summed E-state index contributed by atoms with van der Waals surface area (Å²) >= 11 is 0. The number of nitrogens with zero attached hydrogens (tertiary/aromatic N) is 2. The molecule has 218 valence electrons. The summed E-state index contributed by atoms with van der Waals surface area (Å²) in [6.07, 6.45) is 3.54. The van der Waals surface area contributed by atoms with E-state index in [1.165, 1.54) is 12.5 Å². The Morgan fingerprint density at radius 2 is 1.69 bits per heavy atom. The number of hydrogen-bond acceptors (Lipinski definition) is 8. The van der Waals surface area contributed by atoms with Crippen LogP contribution < -0.4 is 38.9 Å². The van der Waals surface area contributed by atoms with Gasteiger partial charge in [-0.25, -0.2) is 9.78 Å². The van der Waals surface area contributed by atoms with Crippen molar-refractivity contribution in [1.82, 2.24) is 25.9 Å². The fourth-order valence-corrected chi connectivity index (χ4v) is 3.51. The first-order valence-electron chi connectivity index (χ1n) is 12.6. The minimum absolute atomic E-state index is 0.0195. The highest BCUT2D eigenvalue weighted by Crippen LogP contribution is 2.11. The fraction of sp³-hybridized carbons (Fsp3) is 0.609. The highest BCUT2D eigenvalue weighted by Gasteiger charge is 2.33. The van der Waals surface area contributed by atoms with Crippen molar-refractivity contribution in [2.24, 2.45) is 33.8 Å². The lowest BCUT2D eigenvalue weighted by Crippen LogP contribution is -2.58. The van der Waals surface area contributed by atoms with Gasteiger partial charge in [0.2, 0.25) is 23.6 Å². The number of aromatic nitrogens is 2. The number of nitrogens with one attached hydrogen (secondary N) is 4. The molecule has 39 heavy (non-hydrogen) atoms. The van der Waals surface area contributed by atoms with Gasteiger partial charge in [0.25, 0.3) is 0 Å². The van der Waals surface area contributed by atoms with Crippen LogP contribution in [-0.4, -0.2) is 81.3 Å². The van der Waals surface area contributed by atoms with Gasteiger partial charge in [0.15, 0.2) is 5.96 Å². The van der Waals surface area contributed by atoms with Gasteiger partial charge < -0.3 is 49.0 Å². The summed E-state index contributed by atoms with van der Waals surface area (Å²) in [7, 11) is 0. The average molecular weight is 553 g/mol. The van der Waals surface area contributed by atoms with E-state index in [-0.39, 0.29) is 44.1 Å². The van der Waals surface area contributed by atoms with Crippen molar-refractivity contribution in [2.45, 2.75) is 76.5 Å². The standard InChI is InChI=1S/C23H40N10O6/c1-3-12(2)18(21(37)32-16(22(38)39)9-13-10-28-11-30-13)33-20(36)15(5-4-8-29-23(26)27)31-19(35)14(24)6-7-17(25)34/h10-12,14-16,18H,3-9,24H2,1-2H3,(H2,25,34)(H,28,30)(H,31,35)(H,32,37)(H,33,36)(H,38,39)(H4,26,27,29). The Hall–Kier alpha value is -4.21. The van der Waals surface area contributed by atoms with Crippen LogP contribution in [0.3, 0.4) is 0 Å². The molecule has 0 spiro atoms. The number of primary amides is 1. The van der Waals surface area contributed by atoms with Crippen molar-refractivity contribution in [3.63, 3.8) is 0 Å². The Balaban J connectivity index is 3.03. The third-order valence-electron chi connectivity index (χ3n) is 6.00. The van der Waals surface area contributed by atoms with Gasteiger partial charge >= 0.3 is 5.97 Å². The van der Waals surface area contributed by atoms with E-state index in [0.717, 1.165) is 0 Å². The second-order valence-corrected chi connectivity index (χ2v) is 9.17. The number of carboxylic acid groups (broad SMARTS) is 1. The molecule has 0 aromatic carbocycles. The number of nitrogens with two attached hydrogens (primary N) is 4. The van der Waals surface area contributed by atoms with Gasteiger partial charge in [0.05, 0.1) is 12.4 Å². The Bertz CT molecular complexity index is 996. The van der Waals surface area contributed by atoms with Gasteiger partial charge in [-0.3, -0.25) is 24.2 Å². The number of carbonyl (C=O) groups excluding carboxylic acids is 4. The van der Waals surface area contributed by atoms with Crippen LogP contribution in [0.1, 0.15) is 51.6 Å². The maximum Gasteiger partial charge on any atom is 0.326 e. The topological polar surface area (TPSA) is 287 Å². The molecule has 0 radical (unpaired) electrons. The van der Waals surface area contributed by atoms with Gasteiger partial charge in [-0.2, -0.15) is 0 Å². The predicted octanol–water partition coefficient (Wildman–Crippen LogP) is -2.82. The molecule has 0 fully saturated rings. The molecule has 1 aromatic rings. The van der Waals surface area contributed by atoms with E-state index in [2.05, 4.69) is 30.9 Å². The molecular weight excluding hydrogens is 512 g/mol. The van der Waals surface area contributed by atoms with Crippen molar-refractivity contribution >= 4 is 35.6 Å². The van der Waals surface area contributed by atoms with E-state index in [4.69, 9.17) is 22.9 Å². The summed E-state index contributed by atoms with van der Waals surface area (Å²) in [5, 5.41) is 17.3. The largest absolute Gasteiger partial charge is 0.480 e. The van der Waals surface area contributed by atoms with Gasteiger partial charge in [-0.15, -0.1) is 0 Å². The molecule has 1 aromatic heterocycles. The molecule has 1 rings (SSSR count). The lowest BCUT2D eigenvalue weighted by molar-refractivity contribution is -0.142. The number of rotatable bonds is 18. The van der Waals surface area contributed by atoms with Crippen molar-refractivity contribution in [1.29, 1.82) is 0 Å². The van der Waals surface area contributed by atoms with Gasteiger partial charge in [0.1, 0.15) is 18.1 Å². The molecule has 4 amide bonds. The molecule has 0 saturated heterocycles. The summed E-state index contributed by atoms with van der Waals surface area (Å²) in [5.74, 6) is -4.48. The maximum absolute atomic E-state index is 13.3. The van der Waals surface area contributed by atoms with Crippen LogP contribution >= 0.6 is 0 Å². The molecule has 0 bridgehead atoms. The van der Waals surface area contributed by atoms with Crippen molar-refractivity contribution in [3.8, 4) is 0 Å². The number of aromatic amines is 1. The van der Waals surface area contributed by atoms with E-state index in [1.54, 1.807) is 6.92 Å². The van der Waals surface area contributed by atoms with Crippen LogP contribution in [0, 0.1) is 5.92 Å². The van der Waals surface area contributed by atoms with Crippen LogP contribution in [0.25, 0.3) is 0 Å². The zero-order valence-corrected chi connectivity index (χ0v) is 22.2. The smallest absolute Gasteiger partial charge is 0.326 e. The number of amides is 4. The Morgan fingerprint density at radius 1 is 1.03 bits per heavy atom. The van der Waals surface area contributed by atoms with Crippen LogP contribution in [0.4, 0.5) is 0 Å². The number of guanidine groups is 1. The SMILES string of the molecule is CCC(C)C(NC(=O)C(CCCN=C(N)N)NC(=O)C(N)CCC(N)=O)C(=O)NC(Cc1cnc[nH]1)C(=O)O. The molecule has 5 unspecified atom stereocenters. The van der Waals surface area contributed by atoms with Gasteiger partial charge in [-0.1, -0.05) is 20.3 Å². The monoisotopic (exact) mass is 552 g/mol. The molecule has 0 aliphatic carbocycles. The molecule has 16 nitrogen and oxygen atoms in total. The zero-order chi connectivity index (χ0) is 29.5. The quantitative estimate of drug-likeness (QED) is 0.0511. The summed E-state index contributed by atoms with van der Waals surface area (Å²) in [6.45, 7) is 3.71. The minimum Gasteiger partial charge on any atom is -0.480 e. The number of carbonyl (C=O) groups is 5. The summed E-state index contributed by atoms with van der Waals surface area (Å²) in [5.41, 5.74) is 22.1. The number of aliphatic imine (C=N–C) groups is 1. The predicted molar refractivity (Wildman–Crippen MR) is 141 cm³/mol. The molecular formula is C23H40N10O6. The summed E-state index contributed by atoms with van der Waals surface area (Å²) in [6, 6.07) is -4.60. The molecule has 16 heteroatoms. The van der Waals surface area contributed by atoms with Crippen LogP contribution in [0.15, 0.2) is 17.5 Å². The number of carboxylic acids is 1. The zero-order valence-electron chi connectivity index (χ0n) is 22.2. The lowest BCUT2D eigenvalue weighted by atomic mass is 9.96. The van der Waals surface area contributed by atoms with E-state index in [0.29, 0.717) is 18.5 Å². The van der Waals surface area contributed by atoms with Crippen molar-refractivity contribution in [3.05, 3.63) is 18.2 Å². The van der Waals surface area contributed by atoms with Crippen LogP contribution in [0.5, 0.6) is 0 Å². The number of imidazole rings is 1.